The van der Waals surface area contributed by atoms with E-state index in [1.165, 1.54) is 27.8 Å². The fourth-order valence-corrected chi connectivity index (χ4v) is 4.11. The standard InChI is InChI=1S/C17H16N6OS2/c1-4-19-16-14(15(18)26-17-20-21-22-23(17)3)13(9-25-16)12-7-5-11(6-8-12)10(2)24/h4-9,18-19H,1H2,2-3H3. The van der Waals surface area contributed by atoms with Crippen molar-refractivity contribution in [3.8, 4) is 11.1 Å². The zero-order valence-corrected chi connectivity index (χ0v) is 15.8. The van der Waals surface area contributed by atoms with Crippen LogP contribution in [0.1, 0.15) is 22.8 Å². The number of aromatic nitrogens is 4. The average molecular weight is 384 g/mol. The quantitative estimate of drug-likeness (QED) is 0.290. The number of hydrogen-bond acceptors (Lipinski definition) is 8. The van der Waals surface area contributed by atoms with Crippen molar-refractivity contribution < 1.29 is 4.79 Å². The molecule has 9 heteroatoms. The summed E-state index contributed by atoms with van der Waals surface area (Å²) in [5.74, 6) is 0.0224. The summed E-state index contributed by atoms with van der Waals surface area (Å²) < 4.78 is 1.52. The number of thioether (sulfide) groups is 1. The number of rotatable bonds is 6. The van der Waals surface area contributed by atoms with Gasteiger partial charge in [-0.2, -0.15) is 0 Å². The van der Waals surface area contributed by atoms with Crippen LogP contribution in [0.4, 0.5) is 5.00 Å². The van der Waals surface area contributed by atoms with Crippen molar-refractivity contribution in [1.82, 2.24) is 20.2 Å². The predicted octanol–water partition coefficient (Wildman–Crippen LogP) is 3.81. The molecule has 0 unspecified atom stereocenters. The van der Waals surface area contributed by atoms with Gasteiger partial charge in [0.2, 0.25) is 5.16 Å². The molecule has 2 N–H and O–H groups in total. The number of aryl methyl sites for hydroxylation is 1. The predicted molar refractivity (Wildman–Crippen MR) is 105 cm³/mol. The second kappa shape index (κ2) is 7.63. The normalized spacial score (nSPS) is 10.5. The van der Waals surface area contributed by atoms with E-state index in [-0.39, 0.29) is 5.78 Å². The van der Waals surface area contributed by atoms with Crippen LogP contribution in [0.15, 0.2) is 47.6 Å². The molecule has 132 valence electrons. The highest BCUT2D eigenvalue weighted by molar-refractivity contribution is 8.14. The summed E-state index contributed by atoms with van der Waals surface area (Å²) in [6.45, 7) is 5.24. The van der Waals surface area contributed by atoms with Crippen molar-refractivity contribution in [3.63, 3.8) is 0 Å². The molecule has 0 aliphatic heterocycles. The molecule has 0 fully saturated rings. The Morgan fingerprint density at radius 1 is 1.38 bits per heavy atom. The van der Waals surface area contributed by atoms with Crippen LogP contribution in [0.25, 0.3) is 11.1 Å². The fourth-order valence-electron chi connectivity index (χ4n) is 2.33. The topological polar surface area (TPSA) is 96.6 Å². The molecule has 3 rings (SSSR count). The maximum Gasteiger partial charge on any atom is 0.215 e. The zero-order chi connectivity index (χ0) is 18.7. The molecular weight excluding hydrogens is 368 g/mol. The Kier molecular flexibility index (Phi) is 5.29. The van der Waals surface area contributed by atoms with Gasteiger partial charge in [0.25, 0.3) is 0 Å². The van der Waals surface area contributed by atoms with E-state index >= 15 is 0 Å². The van der Waals surface area contributed by atoms with Gasteiger partial charge < -0.3 is 5.32 Å². The molecule has 0 saturated carbocycles. The minimum absolute atomic E-state index is 0.0224. The third-order valence-corrected chi connectivity index (χ3v) is 5.48. The smallest absolute Gasteiger partial charge is 0.215 e. The van der Waals surface area contributed by atoms with Gasteiger partial charge in [0.05, 0.1) is 0 Å². The van der Waals surface area contributed by atoms with Crippen LogP contribution >= 0.6 is 23.1 Å². The van der Waals surface area contributed by atoms with E-state index in [0.29, 0.717) is 15.8 Å². The molecule has 0 atom stereocenters. The number of thiophene rings is 1. The van der Waals surface area contributed by atoms with E-state index in [0.717, 1.165) is 21.7 Å². The number of nitrogens with zero attached hydrogens (tertiary/aromatic N) is 4. The van der Waals surface area contributed by atoms with Gasteiger partial charge in [-0.3, -0.25) is 10.2 Å². The first kappa shape index (κ1) is 18.0. The van der Waals surface area contributed by atoms with E-state index < -0.39 is 0 Å². The SMILES string of the molecule is C=CNc1scc(-c2ccc(C(C)=O)cc2)c1C(=N)Sc1nnnn1C. The van der Waals surface area contributed by atoms with E-state index in [4.69, 9.17) is 5.41 Å². The Hall–Kier alpha value is -2.78. The number of Topliss-reactive ketones (excluding diaryl/α,β-unsaturated/α-hetero) is 1. The number of nitrogens with one attached hydrogen (secondary N) is 2. The van der Waals surface area contributed by atoms with Crippen LogP contribution in [0.5, 0.6) is 0 Å². The molecule has 0 bridgehead atoms. The van der Waals surface area contributed by atoms with Crippen LogP contribution < -0.4 is 5.32 Å². The van der Waals surface area contributed by atoms with Gasteiger partial charge in [-0.05, 0) is 40.9 Å². The Morgan fingerprint density at radius 3 is 2.69 bits per heavy atom. The van der Waals surface area contributed by atoms with Gasteiger partial charge in [-0.25, -0.2) is 4.68 Å². The molecule has 26 heavy (non-hydrogen) atoms. The number of carbonyl (C=O) groups is 1. The van der Waals surface area contributed by atoms with Crippen LogP contribution in [0.2, 0.25) is 0 Å². The lowest BCUT2D eigenvalue weighted by molar-refractivity contribution is 0.101. The van der Waals surface area contributed by atoms with Crippen molar-refractivity contribution in [3.05, 3.63) is 53.6 Å². The summed E-state index contributed by atoms with van der Waals surface area (Å²) in [5.41, 5.74) is 3.24. The van der Waals surface area contributed by atoms with Gasteiger partial charge in [0.15, 0.2) is 5.78 Å². The summed E-state index contributed by atoms with van der Waals surface area (Å²) in [7, 11) is 1.73. The van der Waals surface area contributed by atoms with Gasteiger partial charge >= 0.3 is 0 Å². The first-order valence-electron chi connectivity index (χ1n) is 7.60. The highest BCUT2D eigenvalue weighted by Crippen LogP contribution is 2.39. The lowest BCUT2D eigenvalue weighted by Crippen LogP contribution is -2.02. The number of anilines is 1. The summed E-state index contributed by atoms with van der Waals surface area (Å²) in [6, 6.07) is 7.37. The molecule has 0 saturated heterocycles. The molecule has 1 aromatic carbocycles. The van der Waals surface area contributed by atoms with Gasteiger partial charge in [-0.1, -0.05) is 30.8 Å². The van der Waals surface area contributed by atoms with Crippen molar-refractivity contribution >= 4 is 38.9 Å². The minimum atomic E-state index is 0.0224. The molecule has 0 aliphatic carbocycles. The number of tetrazole rings is 1. The van der Waals surface area contributed by atoms with Crippen molar-refractivity contribution in [2.75, 3.05) is 5.32 Å². The van der Waals surface area contributed by atoms with E-state index in [2.05, 4.69) is 27.4 Å². The van der Waals surface area contributed by atoms with E-state index in [1.54, 1.807) is 32.3 Å². The minimum Gasteiger partial charge on any atom is -0.354 e. The Labute approximate surface area is 158 Å². The van der Waals surface area contributed by atoms with E-state index in [1.807, 2.05) is 17.5 Å². The summed E-state index contributed by atoms with van der Waals surface area (Å²) in [4.78, 5) is 11.5. The zero-order valence-electron chi connectivity index (χ0n) is 14.2. The van der Waals surface area contributed by atoms with Crippen LogP contribution in [0.3, 0.4) is 0 Å². The second-order valence-electron chi connectivity index (χ2n) is 5.35. The number of hydrogen-bond donors (Lipinski definition) is 2. The van der Waals surface area contributed by atoms with Crippen LogP contribution in [0, 0.1) is 5.41 Å². The monoisotopic (exact) mass is 384 g/mol. The highest BCUT2D eigenvalue weighted by Gasteiger charge is 2.20. The molecular formula is C17H16N6OS2. The summed E-state index contributed by atoms with van der Waals surface area (Å²) in [5, 5.41) is 26.6. The van der Waals surface area contributed by atoms with Crippen molar-refractivity contribution in [2.24, 2.45) is 7.05 Å². The Bertz CT molecular complexity index is 974. The summed E-state index contributed by atoms with van der Waals surface area (Å²) in [6.07, 6.45) is 1.58. The van der Waals surface area contributed by atoms with Crippen molar-refractivity contribution in [2.45, 2.75) is 12.1 Å². The highest BCUT2D eigenvalue weighted by atomic mass is 32.2. The molecule has 0 radical (unpaired) electrons. The molecule has 2 heterocycles. The van der Waals surface area contributed by atoms with E-state index in [9.17, 15) is 4.79 Å². The first-order valence-corrected chi connectivity index (χ1v) is 9.30. The molecule has 3 aromatic rings. The number of carbonyl (C=O) groups excluding carboxylic acids is 1. The number of ketones is 1. The Morgan fingerprint density at radius 2 is 2.12 bits per heavy atom. The first-order chi connectivity index (χ1) is 12.5. The lowest BCUT2D eigenvalue weighted by atomic mass is 10.0. The van der Waals surface area contributed by atoms with Gasteiger partial charge in [0.1, 0.15) is 10.0 Å². The molecule has 0 aliphatic rings. The molecule has 2 aromatic heterocycles. The molecule has 0 amide bonds. The largest absolute Gasteiger partial charge is 0.354 e. The Balaban J connectivity index is 2.00. The average Bonchev–Trinajstić information content (AvgIpc) is 3.22. The lowest BCUT2D eigenvalue weighted by Gasteiger charge is -2.09. The molecule has 7 nitrogen and oxygen atoms in total. The second-order valence-corrected chi connectivity index (χ2v) is 7.21. The maximum absolute atomic E-state index is 11.5. The molecule has 0 spiro atoms. The third kappa shape index (κ3) is 3.58. The van der Waals surface area contributed by atoms with Crippen molar-refractivity contribution in [1.29, 1.82) is 5.41 Å². The van der Waals surface area contributed by atoms with Gasteiger partial charge in [-0.15, -0.1) is 16.4 Å². The number of benzene rings is 1. The van der Waals surface area contributed by atoms with Crippen LogP contribution in [-0.4, -0.2) is 31.0 Å². The van der Waals surface area contributed by atoms with Gasteiger partial charge in [0, 0.05) is 29.1 Å². The summed E-state index contributed by atoms with van der Waals surface area (Å²) >= 11 is 2.67. The maximum atomic E-state index is 11.5. The third-order valence-electron chi connectivity index (χ3n) is 3.63. The van der Waals surface area contributed by atoms with Crippen LogP contribution in [-0.2, 0) is 7.05 Å². The fraction of sp³-hybridized carbons (Fsp3) is 0.118.